The van der Waals surface area contributed by atoms with Gasteiger partial charge in [-0.1, -0.05) is 23.2 Å². The third-order valence-corrected chi connectivity index (χ3v) is 2.91. The number of carbonyl (C=O) groups is 1. The van der Waals surface area contributed by atoms with Gasteiger partial charge in [-0.3, -0.25) is 4.79 Å². The first-order valence-electron chi connectivity index (χ1n) is 3.57. The van der Waals surface area contributed by atoms with Crippen molar-refractivity contribution in [2.45, 2.75) is 35.4 Å². The molecule has 0 bridgehead atoms. The summed E-state index contributed by atoms with van der Waals surface area (Å²) in [7, 11) is 0. The van der Waals surface area contributed by atoms with Gasteiger partial charge in [-0.25, -0.2) is 0 Å². The van der Waals surface area contributed by atoms with Gasteiger partial charge in [0.2, 0.25) is 0 Å². The second kappa shape index (κ2) is 3.51. The lowest BCUT2D eigenvalue weighted by Crippen LogP contribution is -2.26. The second-order valence-electron chi connectivity index (χ2n) is 2.82. The van der Waals surface area contributed by atoms with Gasteiger partial charge in [-0.05, 0) is 12.8 Å². The van der Waals surface area contributed by atoms with Gasteiger partial charge in [0.15, 0.2) is 10.1 Å². The molecule has 0 aromatic carbocycles. The van der Waals surface area contributed by atoms with E-state index >= 15 is 0 Å². The molecule has 1 unspecified atom stereocenters. The molecule has 1 rings (SSSR count). The van der Waals surface area contributed by atoms with E-state index in [2.05, 4.69) is 0 Å². The van der Waals surface area contributed by atoms with Gasteiger partial charge in [-0.15, -0.1) is 11.6 Å². The van der Waals surface area contributed by atoms with E-state index in [9.17, 15) is 4.79 Å². The zero-order valence-corrected chi connectivity index (χ0v) is 8.22. The topological polar surface area (TPSA) is 17.1 Å². The molecule has 11 heavy (non-hydrogen) atoms. The molecular formula is C7H9Cl3O. The Balaban J connectivity index is 2.68. The Kier molecular flexibility index (Phi) is 3.07. The minimum Gasteiger partial charge on any atom is -0.296 e. The summed E-state index contributed by atoms with van der Waals surface area (Å²) >= 11 is 17.4. The fourth-order valence-electron chi connectivity index (χ4n) is 1.16. The molecule has 0 heterocycles. The highest BCUT2D eigenvalue weighted by molar-refractivity contribution is 6.58. The van der Waals surface area contributed by atoms with Crippen LogP contribution in [0.2, 0.25) is 0 Å². The average molecular weight is 216 g/mol. The van der Waals surface area contributed by atoms with Crippen molar-refractivity contribution in [1.29, 1.82) is 0 Å². The summed E-state index contributed by atoms with van der Waals surface area (Å²) in [6.45, 7) is 0. The summed E-state index contributed by atoms with van der Waals surface area (Å²) < 4.78 is -1.23. The zero-order chi connectivity index (χ0) is 8.48. The van der Waals surface area contributed by atoms with Crippen LogP contribution in [0.4, 0.5) is 0 Å². The summed E-state index contributed by atoms with van der Waals surface area (Å²) in [5, 5.41) is -0.0588. The number of ketones is 1. The highest BCUT2D eigenvalue weighted by atomic mass is 35.5. The molecule has 0 radical (unpaired) electrons. The lowest BCUT2D eigenvalue weighted by molar-refractivity contribution is -0.119. The van der Waals surface area contributed by atoms with Crippen molar-refractivity contribution in [3.05, 3.63) is 0 Å². The van der Waals surface area contributed by atoms with Crippen LogP contribution < -0.4 is 0 Å². The van der Waals surface area contributed by atoms with Crippen LogP contribution in [0.5, 0.6) is 0 Å². The molecule has 0 N–H and O–H groups in total. The summed E-state index contributed by atoms with van der Waals surface area (Å²) in [4.78, 5) is 11.2. The Morgan fingerprint density at radius 1 is 1.45 bits per heavy atom. The van der Waals surface area contributed by atoms with Crippen LogP contribution in [-0.2, 0) is 4.79 Å². The molecule has 1 saturated carbocycles. The fourth-order valence-corrected chi connectivity index (χ4v) is 2.27. The Labute approximate surface area is 81.0 Å². The normalized spacial score (nSPS) is 31.5. The van der Waals surface area contributed by atoms with Gasteiger partial charge in [0.1, 0.15) is 0 Å². The number of hydrogen-bond donors (Lipinski definition) is 0. The van der Waals surface area contributed by atoms with Gasteiger partial charge in [-0.2, -0.15) is 0 Å². The molecule has 64 valence electrons. The van der Waals surface area contributed by atoms with Crippen LogP contribution in [0, 0.1) is 0 Å². The van der Waals surface area contributed by atoms with E-state index in [4.69, 9.17) is 34.8 Å². The standard InChI is InChI=1S/C7H9Cl3O/c8-5-2-1-3-6(11)7(9,10)4-5/h5H,1-4H2. The van der Waals surface area contributed by atoms with Crippen molar-refractivity contribution in [3.8, 4) is 0 Å². The van der Waals surface area contributed by atoms with Crippen LogP contribution in [0.25, 0.3) is 0 Å². The predicted octanol–water partition coefficient (Wildman–Crippen LogP) is 2.91. The number of hydrogen-bond acceptors (Lipinski definition) is 1. The van der Waals surface area contributed by atoms with E-state index in [0.717, 1.165) is 12.8 Å². The SMILES string of the molecule is O=C1CCCC(Cl)CC1(Cl)Cl. The van der Waals surface area contributed by atoms with Crippen molar-refractivity contribution in [1.82, 2.24) is 0 Å². The molecule has 1 aliphatic carbocycles. The summed E-state index contributed by atoms with van der Waals surface area (Å²) in [6.07, 6.45) is 2.45. The minimum absolute atomic E-state index is 0.0588. The molecule has 1 atom stereocenters. The molecule has 0 saturated heterocycles. The average Bonchev–Trinajstić information content (AvgIpc) is 1.93. The summed E-state index contributed by atoms with van der Waals surface area (Å²) in [6, 6.07) is 0. The van der Waals surface area contributed by atoms with E-state index in [0.29, 0.717) is 12.8 Å². The molecule has 0 aliphatic heterocycles. The van der Waals surface area contributed by atoms with Crippen molar-refractivity contribution in [2.75, 3.05) is 0 Å². The second-order valence-corrected chi connectivity index (χ2v) is 4.92. The van der Waals surface area contributed by atoms with E-state index in [1.54, 1.807) is 0 Å². The first-order chi connectivity index (χ1) is 5.02. The van der Waals surface area contributed by atoms with Crippen LogP contribution in [0.1, 0.15) is 25.7 Å². The van der Waals surface area contributed by atoms with Crippen LogP contribution in [-0.4, -0.2) is 15.5 Å². The van der Waals surface area contributed by atoms with E-state index in [-0.39, 0.29) is 11.2 Å². The Bertz CT molecular complexity index is 167. The fraction of sp³-hybridized carbons (Fsp3) is 0.857. The molecule has 0 spiro atoms. The molecular weight excluding hydrogens is 206 g/mol. The largest absolute Gasteiger partial charge is 0.296 e. The molecule has 0 amide bonds. The lowest BCUT2D eigenvalue weighted by atomic mass is 10.2. The Morgan fingerprint density at radius 2 is 2.09 bits per heavy atom. The highest BCUT2D eigenvalue weighted by Crippen LogP contribution is 2.35. The molecule has 1 nitrogen and oxygen atoms in total. The number of halogens is 3. The predicted molar refractivity (Wildman–Crippen MR) is 47.6 cm³/mol. The van der Waals surface area contributed by atoms with Crippen LogP contribution >= 0.6 is 34.8 Å². The van der Waals surface area contributed by atoms with Crippen molar-refractivity contribution >= 4 is 40.6 Å². The number of alkyl halides is 3. The van der Waals surface area contributed by atoms with Crippen molar-refractivity contribution < 1.29 is 4.79 Å². The molecule has 0 aromatic heterocycles. The van der Waals surface area contributed by atoms with Crippen molar-refractivity contribution in [3.63, 3.8) is 0 Å². The molecule has 1 aliphatic rings. The highest BCUT2D eigenvalue weighted by Gasteiger charge is 2.37. The first kappa shape index (κ1) is 9.63. The van der Waals surface area contributed by atoms with Gasteiger partial charge in [0, 0.05) is 18.2 Å². The molecule has 1 fully saturated rings. The van der Waals surface area contributed by atoms with Crippen LogP contribution in [0.3, 0.4) is 0 Å². The monoisotopic (exact) mass is 214 g/mol. The lowest BCUT2D eigenvalue weighted by Gasteiger charge is -2.16. The van der Waals surface area contributed by atoms with E-state index < -0.39 is 4.33 Å². The maximum atomic E-state index is 11.2. The first-order valence-corrected chi connectivity index (χ1v) is 4.77. The zero-order valence-electron chi connectivity index (χ0n) is 5.95. The number of Topliss-reactive ketones (excluding diaryl/α,β-unsaturated/α-hetero) is 1. The van der Waals surface area contributed by atoms with Gasteiger partial charge in [0.25, 0.3) is 0 Å². The molecule has 0 aromatic rings. The van der Waals surface area contributed by atoms with Gasteiger partial charge < -0.3 is 0 Å². The molecule has 4 heteroatoms. The smallest absolute Gasteiger partial charge is 0.177 e. The maximum Gasteiger partial charge on any atom is 0.177 e. The summed E-state index contributed by atoms with van der Waals surface area (Å²) in [5.41, 5.74) is 0. The Morgan fingerprint density at radius 3 is 2.73 bits per heavy atom. The number of carbonyl (C=O) groups excluding carboxylic acids is 1. The van der Waals surface area contributed by atoms with Crippen molar-refractivity contribution in [2.24, 2.45) is 0 Å². The maximum absolute atomic E-state index is 11.2. The Hall–Kier alpha value is 0.540. The van der Waals surface area contributed by atoms with E-state index in [1.165, 1.54) is 0 Å². The third kappa shape index (κ3) is 2.50. The van der Waals surface area contributed by atoms with Crippen LogP contribution in [0.15, 0.2) is 0 Å². The third-order valence-electron chi connectivity index (χ3n) is 1.81. The quantitative estimate of drug-likeness (QED) is 0.449. The van der Waals surface area contributed by atoms with Gasteiger partial charge >= 0.3 is 0 Å². The summed E-state index contributed by atoms with van der Waals surface area (Å²) in [5.74, 6) is -0.0935. The van der Waals surface area contributed by atoms with Gasteiger partial charge in [0.05, 0.1) is 0 Å². The number of rotatable bonds is 0. The van der Waals surface area contributed by atoms with E-state index in [1.807, 2.05) is 0 Å². The minimum atomic E-state index is -1.23.